The quantitative estimate of drug-likeness (QED) is 0.547. The minimum Gasteiger partial charge on any atom is -0.362 e. The second-order valence-corrected chi connectivity index (χ2v) is 2.37. The maximum Gasteiger partial charge on any atom is 0.123 e. The molecule has 0 amide bonds. The van der Waals surface area contributed by atoms with Crippen LogP contribution in [0, 0.1) is 0 Å². The van der Waals surface area contributed by atoms with Gasteiger partial charge < -0.3 is 4.74 Å². The summed E-state index contributed by atoms with van der Waals surface area (Å²) in [5, 5.41) is 4.30. The molecule has 9 heavy (non-hydrogen) atoms. The lowest BCUT2D eigenvalue weighted by atomic mass is 10.2. The molecule has 1 aliphatic rings. The zero-order valence-electron chi connectivity index (χ0n) is 5.97. The van der Waals surface area contributed by atoms with Crippen LogP contribution < -0.4 is 5.32 Å². The molecular formula is C7H14NO. The summed E-state index contributed by atoms with van der Waals surface area (Å²) in [4.78, 5) is 0. The summed E-state index contributed by atoms with van der Waals surface area (Å²) in [6, 6.07) is 0. The van der Waals surface area contributed by atoms with Crippen LogP contribution in [0.15, 0.2) is 0 Å². The van der Waals surface area contributed by atoms with Crippen molar-refractivity contribution in [2.75, 3.05) is 13.2 Å². The van der Waals surface area contributed by atoms with E-state index < -0.39 is 0 Å². The Morgan fingerprint density at radius 2 is 2.56 bits per heavy atom. The molecule has 0 aliphatic carbocycles. The van der Waals surface area contributed by atoms with Crippen LogP contribution in [0.3, 0.4) is 0 Å². The monoisotopic (exact) mass is 128 g/mol. The first-order valence-electron chi connectivity index (χ1n) is 3.71. The number of ether oxygens (including phenoxy) is 1. The van der Waals surface area contributed by atoms with Gasteiger partial charge in [-0.15, -0.1) is 0 Å². The van der Waals surface area contributed by atoms with Gasteiger partial charge in [0.15, 0.2) is 0 Å². The van der Waals surface area contributed by atoms with E-state index in [0.717, 1.165) is 26.0 Å². The fraction of sp³-hybridized carbons (Fsp3) is 1.00. The van der Waals surface area contributed by atoms with Crippen molar-refractivity contribution in [2.24, 2.45) is 0 Å². The molecule has 1 unspecified atom stereocenters. The van der Waals surface area contributed by atoms with Crippen LogP contribution in [0.4, 0.5) is 0 Å². The molecule has 53 valence electrons. The van der Waals surface area contributed by atoms with Crippen LogP contribution >= 0.6 is 0 Å². The van der Waals surface area contributed by atoms with Crippen molar-refractivity contribution in [1.29, 1.82) is 0 Å². The average Bonchev–Trinajstić information content (AvgIpc) is 1.91. The lowest BCUT2D eigenvalue weighted by molar-refractivity contribution is -0.00710. The Hall–Kier alpha value is -0.0800. The molecule has 1 radical (unpaired) electrons. The highest BCUT2D eigenvalue weighted by Gasteiger charge is 2.11. The standard InChI is InChI=1S/C7H14NO/c1-2-4-7-8-5-3-6-9-7/h7H,2-6H2,1H3. The van der Waals surface area contributed by atoms with Crippen molar-refractivity contribution in [1.82, 2.24) is 5.32 Å². The molecule has 0 aromatic heterocycles. The van der Waals surface area contributed by atoms with Crippen molar-refractivity contribution < 1.29 is 4.74 Å². The van der Waals surface area contributed by atoms with Crippen LogP contribution in [-0.2, 0) is 4.74 Å². The first-order chi connectivity index (χ1) is 4.43. The molecule has 1 aliphatic heterocycles. The Morgan fingerprint density at radius 1 is 1.67 bits per heavy atom. The molecule has 2 nitrogen and oxygen atoms in total. The molecule has 0 aromatic rings. The minimum atomic E-state index is 0.226. The van der Waals surface area contributed by atoms with Gasteiger partial charge in [0.25, 0.3) is 0 Å². The molecule has 0 N–H and O–H groups in total. The van der Waals surface area contributed by atoms with Crippen LogP contribution in [0.1, 0.15) is 26.2 Å². The van der Waals surface area contributed by atoms with E-state index >= 15 is 0 Å². The summed E-state index contributed by atoms with van der Waals surface area (Å²) in [5.74, 6) is 0. The Labute approximate surface area is 56.6 Å². The van der Waals surface area contributed by atoms with Crippen LogP contribution in [0.25, 0.3) is 0 Å². The van der Waals surface area contributed by atoms with Crippen molar-refractivity contribution in [3.63, 3.8) is 0 Å². The number of hydrogen-bond acceptors (Lipinski definition) is 1. The molecule has 1 heterocycles. The minimum absolute atomic E-state index is 0.226. The average molecular weight is 128 g/mol. The van der Waals surface area contributed by atoms with Gasteiger partial charge >= 0.3 is 0 Å². The summed E-state index contributed by atoms with van der Waals surface area (Å²) in [5.41, 5.74) is 0. The van der Waals surface area contributed by atoms with Gasteiger partial charge in [0, 0.05) is 6.54 Å². The third-order valence-corrected chi connectivity index (χ3v) is 1.48. The number of rotatable bonds is 2. The van der Waals surface area contributed by atoms with E-state index in [4.69, 9.17) is 4.74 Å². The first kappa shape index (κ1) is 7.03. The summed E-state index contributed by atoms with van der Waals surface area (Å²) in [6.45, 7) is 4.08. The van der Waals surface area contributed by atoms with E-state index in [9.17, 15) is 0 Å². The van der Waals surface area contributed by atoms with E-state index in [1.807, 2.05) is 0 Å². The number of nitrogens with zero attached hydrogens (tertiary/aromatic N) is 1. The fourth-order valence-corrected chi connectivity index (χ4v) is 0.993. The maximum atomic E-state index is 5.35. The lowest BCUT2D eigenvalue weighted by Crippen LogP contribution is -2.32. The summed E-state index contributed by atoms with van der Waals surface area (Å²) >= 11 is 0. The van der Waals surface area contributed by atoms with Crippen molar-refractivity contribution >= 4 is 0 Å². The highest BCUT2D eigenvalue weighted by atomic mass is 16.5. The normalized spacial score (nSPS) is 28.3. The van der Waals surface area contributed by atoms with E-state index in [-0.39, 0.29) is 6.23 Å². The largest absolute Gasteiger partial charge is 0.362 e. The Balaban J connectivity index is 2.08. The van der Waals surface area contributed by atoms with Gasteiger partial charge in [0.05, 0.1) is 6.61 Å². The van der Waals surface area contributed by atoms with Crippen LogP contribution in [0.5, 0.6) is 0 Å². The molecule has 1 rings (SSSR count). The SMILES string of the molecule is CCCC1[N]CCCO1. The molecule has 1 saturated heterocycles. The molecule has 2 heteroatoms. The lowest BCUT2D eigenvalue weighted by Gasteiger charge is -2.21. The van der Waals surface area contributed by atoms with Crippen molar-refractivity contribution in [2.45, 2.75) is 32.4 Å². The second-order valence-electron chi connectivity index (χ2n) is 2.37. The second kappa shape index (κ2) is 3.85. The fourth-order valence-electron chi connectivity index (χ4n) is 0.993. The number of hydrogen-bond donors (Lipinski definition) is 0. The summed E-state index contributed by atoms with van der Waals surface area (Å²) in [7, 11) is 0. The van der Waals surface area contributed by atoms with Gasteiger partial charge in [-0.25, -0.2) is 5.32 Å². The zero-order valence-corrected chi connectivity index (χ0v) is 5.97. The van der Waals surface area contributed by atoms with Gasteiger partial charge in [0.1, 0.15) is 6.23 Å². The predicted molar refractivity (Wildman–Crippen MR) is 36.3 cm³/mol. The molecule has 0 spiro atoms. The molecule has 0 saturated carbocycles. The summed E-state index contributed by atoms with van der Waals surface area (Å²) < 4.78 is 5.35. The highest BCUT2D eigenvalue weighted by Crippen LogP contribution is 2.04. The Bertz CT molecular complexity index is 66.6. The maximum absolute atomic E-state index is 5.35. The van der Waals surface area contributed by atoms with Crippen LogP contribution in [0.2, 0.25) is 0 Å². The van der Waals surface area contributed by atoms with E-state index in [1.165, 1.54) is 6.42 Å². The molecule has 0 bridgehead atoms. The van der Waals surface area contributed by atoms with Gasteiger partial charge in [0.2, 0.25) is 0 Å². The van der Waals surface area contributed by atoms with E-state index in [2.05, 4.69) is 12.2 Å². The third kappa shape index (κ3) is 2.33. The van der Waals surface area contributed by atoms with E-state index in [1.54, 1.807) is 0 Å². The highest BCUT2D eigenvalue weighted by molar-refractivity contribution is 4.59. The third-order valence-electron chi connectivity index (χ3n) is 1.48. The molecular weight excluding hydrogens is 114 g/mol. The Morgan fingerprint density at radius 3 is 3.11 bits per heavy atom. The molecule has 1 fully saturated rings. The zero-order chi connectivity index (χ0) is 6.53. The van der Waals surface area contributed by atoms with Gasteiger partial charge in [-0.05, 0) is 12.8 Å². The van der Waals surface area contributed by atoms with Crippen LogP contribution in [-0.4, -0.2) is 19.4 Å². The summed E-state index contributed by atoms with van der Waals surface area (Å²) in [6.07, 6.45) is 3.61. The van der Waals surface area contributed by atoms with Gasteiger partial charge in [-0.2, -0.15) is 0 Å². The Kier molecular flexibility index (Phi) is 3.01. The van der Waals surface area contributed by atoms with E-state index in [0.29, 0.717) is 0 Å². The predicted octanol–water partition coefficient (Wildman–Crippen LogP) is 1.14. The van der Waals surface area contributed by atoms with Crippen molar-refractivity contribution in [3.05, 3.63) is 0 Å². The topological polar surface area (TPSA) is 23.3 Å². The van der Waals surface area contributed by atoms with Crippen molar-refractivity contribution in [3.8, 4) is 0 Å². The first-order valence-corrected chi connectivity index (χ1v) is 3.71. The van der Waals surface area contributed by atoms with Gasteiger partial charge in [-0.1, -0.05) is 13.3 Å². The smallest absolute Gasteiger partial charge is 0.123 e. The van der Waals surface area contributed by atoms with Gasteiger partial charge in [-0.3, -0.25) is 0 Å². The molecule has 0 aromatic carbocycles. The molecule has 1 atom stereocenters.